The highest BCUT2D eigenvalue weighted by atomic mass is 35.5. The van der Waals surface area contributed by atoms with Crippen molar-refractivity contribution in [2.24, 2.45) is 5.92 Å². The number of furan rings is 1. The number of carboxylic acids is 1. The quantitative estimate of drug-likeness (QED) is 0.892. The largest absolute Gasteiger partial charge is 0.481 e. The maximum Gasteiger partial charge on any atom is 0.306 e. The first-order valence-electron chi connectivity index (χ1n) is 4.97. The summed E-state index contributed by atoms with van der Waals surface area (Å²) in [5.41, 5.74) is 1.54. The van der Waals surface area contributed by atoms with Gasteiger partial charge in [0.1, 0.15) is 5.58 Å². The summed E-state index contributed by atoms with van der Waals surface area (Å²) in [6, 6.07) is 5.39. The molecule has 16 heavy (non-hydrogen) atoms. The van der Waals surface area contributed by atoms with Gasteiger partial charge in [-0.2, -0.15) is 0 Å². The highest BCUT2D eigenvalue weighted by Crippen LogP contribution is 2.29. The van der Waals surface area contributed by atoms with Crippen LogP contribution in [-0.2, 0) is 11.2 Å². The van der Waals surface area contributed by atoms with Crippen molar-refractivity contribution in [2.75, 3.05) is 0 Å². The first-order valence-corrected chi connectivity index (χ1v) is 5.35. The molecule has 0 amide bonds. The van der Waals surface area contributed by atoms with Gasteiger partial charge in [-0.3, -0.25) is 4.79 Å². The zero-order valence-corrected chi connectivity index (χ0v) is 9.49. The van der Waals surface area contributed by atoms with Gasteiger partial charge in [-0.05, 0) is 18.6 Å². The fraction of sp³-hybridized carbons (Fsp3) is 0.250. The number of hydrogen-bond acceptors (Lipinski definition) is 2. The number of carbonyl (C=O) groups is 1. The van der Waals surface area contributed by atoms with E-state index >= 15 is 0 Å². The minimum Gasteiger partial charge on any atom is -0.481 e. The Morgan fingerprint density at radius 3 is 3.00 bits per heavy atom. The summed E-state index contributed by atoms with van der Waals surface area (Å²) in [7, 11) is 0. The van der Waals surface area contributed by atoms with Gasteiger partial charge in [0, 0.05) is 10.9 Å². The Morgan fingerprint density at radius 1 is 1.56 bits per heavy atom. The van der Waals surface area contributed by atoms with Crippen LogP contribution in [0.5, 0.6) is 0 Å². The molecule has 1 aromatic carbocycles. The molecule has 1 atom stereocenters. The predicted molar refractivity (Wildman–Crippen MR) is 61.7 cm³/mol. The van der Waals surface area contributed by atoms with E-state index in [2.05, 4.69) is 0 Å². The molecule has 3 nitrogen and oxygen atoms in total. The van der Waals surface area contributed by atoms with Crippen molar-refractivity contribution in [1.82, 2.24) is 0 Å². The lowest BCUT2D eigenvalue weighted by molar-refractivity contribution is -0.141. The summed E-state index contributed by atoms with van der Waals surface area (Å²) in [5.74, 6) is -1.27. The number of halogens is 1. The summed E-state index contributed by atoms with van der Waals surface area (Å²) in [6.07, 6.45) is 2.00. The highest BCUT2D eigenvalue weighted by molar-refractivity contribution is 6.35. The van der Waals surface area contributed by atoms with Crippen LogP contribution in [0.3, 0.4) is 0 Å². The first kappa shape index (κ1) is 11.0. The summed E-state index contributed by atoms with van der Waals surface area (Å²) >= 11 is 6.06. The number of aliphatic carboxylic acids is 1. The molecular weight excluding hydrogens is 228 g/mol. The Morgan fingerprint density at radius 2 is 2.31 bits per heavy atom. The van der Waals surface area contributed by atoms with Crippen molar-refractivity contribution >= 4 is 28.5 Å². The van der Waals surface area contributed by atoms with Crippen LogP contribution in [0.25, 0.3) is 11.0 Å². The fourth-order valence-electron chi connectivity index (χ4n) is 1.68. The van der Waals surface area contributed by atoms with E-state index in [4.69, 9.17) is 21.1 Å². The van der Waals surface area contributed by atoms with Crippen molar-refractivity contribution in [2.45, 2.75) is 13.3 Å². The molecule has 1 aromatic heterocycles. The monoisotopic (exact) mass is 238 g/mol. The Balaban J connectivity index is 2.42. The van der Waals surface area contributed by atoms with Gasteiger partial charge < -0.3 is 9.52 Å². The molecule has 0 aliphatic heterocycles. The SMILES string of the molecule is CC(Cc1coc2cccc(Cl)c12)C(=O)O. The number of fused-ring (bicyclic) bond motifs is 1. The molecule has 0 aliphatic carbocycles. The normalized spacial score (nSPS) is 12.9. The van der Waals surface area contributed by atoms with Crippen molar-refractivity contribution in [1.29, 1.82) is 0 Å². The third-order valence-corrected chi connectivity index (χ3v) is 2.89. The average Bonchev–Trinajstić information content (AvgIpc) is 2.63. The van der Waals surface area contributed by atoms with Gasteiger partial charge >= 0.3 is 5.97 Å². The van der Waals surface area contributed by atoms with E-state index in [0.717, 1.165) is 10.9 Å². The van der Waals surface area contributed by atoms with Crippen LogP contribution in [0.2, 0.25) is 5.02 Å². The molecule has 84 valence electrons. The van der Waals surface area contributed by atoms with E-state index in [1.165, 1.54) is 0 Å². The molecule has 0 aliphatic rings. The van der Waals surface area contributed by atoms with Crippen LogP contribution in [0.1, 0.15) is 12.5 Å². The van der Waals surface area contributed by atoms with Gasteiger partial charge in [0.2, 0.25) is 0 Å². The summed E-state index contributed by atoms with van der Waals surface area (Å²) in [4.78, 5) is 10.8. The maximum absolute atomic E-state index is 10.8. The van der Waals surface area contributed by atoms with Crippen LogP contribution in [0.4, 0.5) is 0 Å². The molecule has 1 N–H and O–H groups in total. The number of carboxylic acid groups (broad SMARTS) is 1. The minimum absolute atomic E-state index is 0.423. The third kappa shape index (κ3) is 1.91. The summed E-state index contributed by atoms with van der Waals surface area (Å²) in [6.45, 7) is 1.66. The highest BCUT2D eigenvalue weighted by Gasteiger charge is 2.16. The molecule has 4 heteroatoms. The van der Waals surface area contributed by atoms with Gasteiger partial charge in [-0.1, -0.05) is 24.6 Å². The lowest BCUT2D eigenvalue weighted by atomic mass is 10.0. The lowest BCUT2D eigenvalue weighted by Gasteiger charge is -2.04. The van der Waals surface area contributed by atoms with E-state index in [9.17, 15) is 4.79 Å². The zero-order valence-electron chi connectivity index (χ0n) is 8.74. The second-order valence-electron chi connectivity index (χ2n) is 3.82. The van der Waals surface area contributed by atoms with Crippen molar-refractivity contribution in [3.8, 4) is 0 Å². The van der Waals surface area contributed by atoms with Crippen LogP contribution < -0.4 is 0 Å². The van der Waals surface area contributed by atoms with Crippen LogP contribution in [0.15, 0.2) is 28.9 Å². The minimum atomic E-state index is -0.818. The van der Waals surface area contributed by atoms with Crippen molar-refractivity contribution in [3.05, 3.63) is 35.0 Å². The zero-order chi connectivity index (χ0) is 11.7. The van der Waals surface area contributed by atoms with E-state index in [0.29, 0.717) is 17.0 Å². The number of rotatable bonds is 3. The molecule has 0 saturated carbocycles. The van der Waals surface area contributed by atoms with Gasteiger partial charge in [0.25, 0.3) is 0 Å². The number of benzene rings is 1. The topological polar surface area (TPSA) is 50.4 Å². The van der Waals surface area contributed by atoms with E-state index in [1.54, 1.807) is 25.3 Å². The predicted octanol–water partition coefficient (Wildman–Crippen LogP) is 3.35. The van der Waals surface area contributed by atoms with Crippen LogP contribution >= 0.6 is 11.6 Å². The summed E-state index contributed by atoms with van der Waals surface area (Å²) in [5, 5.41) is 10.3. The van der Waals surface area contributed by atoms with Gasteiger partial charge in [0.05, 0.1) is 17.2 Å². The van der Waals surface area contributed by atoms with Crippen molar-refractivity contribution < 1.29 is 14.3 Å². The van der Waals surface area contributed by atoms with E-state index in [1.807, 2.05) is 6.07 Å². The molecule has 0 bridgehead atoms. The lowest BCUT2D eigenvalue weighted by Crippen LogP contribution is -2.11. The van der Waals surface area contributed by atoms with E-state index < -0.39 is 11.9 Å². The maximum atomic E-state index is 10.8. The Hall–Kier alpha value is -1.48. The Labute approximate surface area is 97.6 Å². The van der Waals surface area contributed by atoms with Crippen LogP contribution in [0, 0.1) is 5.92 Å². The molecule has 0 saturated heterocycles. The standard InChI is InChI=1S/C12H11ClO3/c1-7(12(14)15)5-8-6-16-10-4-2-3-9(13)11(8)10/h2-4,6-7H,5H2,1H3,(H,14,15). The van der Waals surface area contributed by atoms with Crippen LogP contribution in [-0.4, -0.2) is 11.1 Å². The summed E-state index contributed by atoms with van der Waals surface area (Å²) < 4.78 is 5.33. The molecule has 0 fully saturated rings. The third-order valence-electron chi connectivity index (χ3n) is 2.57. The van der Waals surface area contributed by atoms with Crippen molar-refractivity contribution in [3.63, 3.8) is 0 Å². The molecule has 2 aromatic rings. The fourth-order valence-corrected chi connectivity index (χ4v) is 1.96. The molecule has 1 heterocycles. The van der Waals surface area contributed by atoms with Gasteiger partial charge in [-0.25, -0.2) is 0 Å². The number of hydrogen-bond donors (Lipinski definition) is 1. The Kier molecular flexibility index (Phi) is 2.88. The van der Waals surface area contributed by atoms with E-state index in [-0.39, 0.29) is 0 Å². The Bertz CT molecular complexity index is 530. The molecule has 0 spiro atoms. The average molecular weight is 239 g/mol. The molecule has 2 rings (SSSR count). The molecule has 1 unspecified atom stereocenters. The second kappa shape index (κ2) is 4.18. The smallest absolute Gasteiger partial charge is 0.306 e. The first-order chi connectivity index (χ1) is 7.59. The molecule has 0 radical (unpaired) electrons. The van der Waals surface area contributed by atoms with Gasteiger partial charge in [0.15, 0.2) is 0 Å². The molecular formula is C12H11ClO3. The van der Waals surface area contributed by atoms with Gasteiger partial charge in [-0.15, -0.1) is 0 Å². The second-order valence-corrected chi connectivity index (χ2v) is 4.22.